The minimum atomic E-state index is -1.05. The Morgan fingerprint density at radius 3 is 2.61 bits per heavy atom. The lowest BCUT2D eigenvalue weighted by Crippen LogP contribution is -2.51. The summed E-state index contributed by atoms with van der Waals surface area (Å²) in [4.78, 5) is 25.3. The highest BCUT2D eigenvalue weighted by molar-refractivity contribution is 5.93. The second kappa shape index (κ2) is 7.12. The average molecular weight is 323 g/mol. The van der Waals surface area contributed by atoms with E-state index < -0.39 is 12.1 Å². The zero-order valence-electron chi connectivity index (χ0n) is 14.2. The van der Waals surface area contributed by atoms with Crippen molar-refractivity contribution in [1.29, 1.82) is 0 Å². The number of nitrogens with zero attached hydrogens (tertiary/aromatic N) is 3. The Balaban J connectivity index is 2.20. The second-order valence-electron chi connectivity index (χ2n) is 6.07. The summed E-state index contributed by atoms with van der Waals surface area (Å²) in [5, 5.41) is 13.6. The van der Waals surface area contributed by atoms with E-state index in [0.29, 0.717) is 12.2 Å². The summed E-state index contributed by atoms with van der Waals surface area (Å²) in [6, 6.07) is 2.04. The van der Waals surface area contributed by atoms with Gasteiger partial charge in [-0.2, -0.15) is 5.10 Å². The highest BCUT2D eigenvalue weighted by Crippen LogP contribution is 2.20. The van der Waals surface area contributed by atoms with E-state index in [1.54, 1.807) is 13.0 Å². The maximum Gasteiger partial charge on any atom is 0.334 e. The Morgan fingerprint density at radius 1 is 1.39 bits per heavy atom. The first-order valence-corrected chi connectivity index (χ1v) is 8.11. The number of carboxylic acids is 1. The fourth-order valence-electron chi connectivity index (χ4n) is 3.01. The van der Waals surface area contributed by atoms with Crippen LogP contribution < -0.4 is 0 Å². The van der Waals surface area contributed by atoms with E-state index >= 15 is 0 Å². The molecule has 1 aliphatic heterocycles. The topological polar surface area (TPSA) is 84.7 Å². The van der Waals surface area contributed by atoms with Crippen LogP contribution in [0.3, 0.4) is 0 Å². The molecule has 7 nitrogen and oxygen atoms in total. The van der Waals surface area contributed by atoms with Crippen molar-refractivity contribution in [3.8, 4) is 0 Å². The number of aliphatic carboxylic acids is 1. The molecule has 0 spiro atoms. The third-order valence-electron chi connectivity index (χ3n) is 4.25. The van der Waals surface area contributed by atoms with Gasteiger partial charge in [0.2, 0.25) is 0 Å². The van der Waals surface area contributed by atoms with Gasteiger partial charge < -0.3 is 14.7 Å². The highest BCUT2D eigenvalue weighted by atomic mass is 16.5. The summed E-state index contributed by atoms with van der Waals surface area (Å²) in [5.41, 5.74) is 1.31. The molecule has 1 aliphatic rings. The minimum absolute atomic E-state index is 0.0510. The molecule has 0 saturated carbocycles. The standard InChI is InChI=1S/C16H25N3O4/c1-5-12(6-2)19-10(3)7-13(17-19)15(20)18-8-11(4)23-14(9-18)16(21)22/h7,11-12,14H,5-6,8-9H2,1-4H3,(H,21,22)/t11-,14?/m1/s1. The van der Waals surface area contributed by atoms with Crippen LogP contribution in [0, 0.1) is 6.92 Å². The molecule has 2 heterocycles. The number of carboxylic acid groups (broad SMARTS) is 1. The van der Waals surface area contributed by atoms with Gasteiger partial charge in [0.15, 0.2) is 11.8 Å². The van der Waals surface area contributed by atoms with Crippen molar-refractivity contribution in [2.75, 3.05) is 13.1 Å². The van der Waals surface area contributed by atoms with Crippen LogP contribution in [-0.2, 0) is 9.53 Å². The lowest BCUT2D eigenvalue weighted by Gasteiger charge is -2.34. The average Bonchev–Trinajstić information content (AvgIpc) is 2.89. The first-order chi connectivity index (χ1) is 10.9. The van der Waals surface area contributed by atoms with E-state index in [9.17, 15) is 9.59 Å². The van der Waals surface area contributed by atoms with Gasteiger partial charge in [0.1, 0.15) is 0 Å². The summed E-state index contributed by atoms with van der Waals surface area (Å²) in [6.07, 6.45) is 0.603. The van der Waals surface area contributed by atoms with Crippen LogP contribution in [0.1, 0.15) is 55.8 Å². The van der Waals surface area contributed by atoms with E-state index in [2.05, 4.69) is 18.9 Å². The van der Waals surface area contributed by atoms with E-state index in [-0.39, 0.29) is 24.6 Å². The number of morpholine rings is 1. The Labute approximate surface area is 136 Å². The number of aryl methyl sites for hydroxylation is 1. The number of hydrogen-bond acceptors (Lipinski definition) is 4. The molecule has 1 unspecified atom stereocenters. The molecular weight excluding hydrogens is 298 g/mol. The van der Waals surface area contributed by atoms with Gasteiger partial charge in [-0.05, 0) is 32.8 Å². The summed E-state index contributed by atoms with van der Waals surface area (Å²) >= 11 is 0. The minimum Gasteiger partial charge on any atom is -0.479 e. The molecule has 1 saturated heterocycles. The second-order valence-corrected chi connectivity index (χ2v) is 6.07. The van der Waals surface area contributed by atoms with Gasteiger partial charge in [0, 0.05) is 12.2 Å². The van der Waals surface area contributed by atoms with Gasteiger partial charge in [-0.3, -0.25) is 9.48 Å². The predicted octanol–water partition coefficient (Wildman–Crippen LogP) is 1.87. The van der Waals surface area contributed by atoms with Gasteiger partial charge in [0.25, 0.3) is 5.91 Å². The van der Waals surface area contributed by atoms with Gasteiger partial charge in [-0.15, -0.1) is 0 Å². The third-order valence-corrected chi connectivity index (χ3v) is 4.25. The smallest absolute Gasteiger partial charge is 0.334 e. The maximum absolute atomic E-state index is 12.7. The van der Waals surface area contributed by atoms with Crippen molar-refractivity contribution in [3.63, 3.8) is 0 Å². The Morgan fingerprint density at radius 2 is 2.04 bits per heavy atom. The van der Waals surface area contributed by atoms with Crippen LogP contribution in [-0.4, -0.2) is 57.0 Å². The molecule has 0 bridgehead atoms. The van der Waals surface area contributed by atoms with E-state index in [4.69, 9.17) is 9.84 Å². The lowest BCUT2D eigenvalue weighted by molar-refractivity contribution is -0.160. The van der Waals surface area contributed by atoms with Gasteiger partial charge >= 0.3 is 5.97 Å². The zero-order chi connectivity index (χ0) is 17.1. The molecule has 1 aromatic rings. The quantitative estimate of drug-likeness (QED) is 0.894. The van der Waals surface area contributed by atoms with E-state index in [1.165, 1.54) is 4.90 Å². The number of amides is 1. The van der Waals surface area contributed by atoms with Crippen molar-refractivity contribution in [2.24, 2.45) is 0 Å². The molecule has 1 N–H and O–H groups in total. The first kappa shape index (κ1) is 17.5. The molecule has 1 amide bonds. The zero-order valence-corrected chi connectivity index (χ0v) is 14.2. The highest BCUT2D eigenvalue weighted by Gasteiger charge is 2.34. The number of rotatable bonds is 5. The number of carbonyl (C=O) groups excluding carboxylic acids is 1. The fourth-order valence-corrected chi connectivity index (χ4v) is 3.01. The van der Waals surface area contributed by atoms with Crippen molar-refractivity contribution < 1.29 is 19.4 Å². The molecule has 0 radical (unpaired) electrons. The number of carbonyl (C=O) groups is 2. The summed E-state index contributed by atoms with van der Waals surface area (Å²) in [7, 11) is 0. The van der Waals surface area contributed by atoms with Crippen LogP contribution in [0.5, 0.6) is 0 Å². The molecule has 0 aliphatic carbocycles. The van der Waals surface area contributed by atoms with Crippen molar-refractivity contribution in [1.82, 2.24) is 14.7 Å². The molecule has 2 atom stereocenters. The van der Waals surface area contributed by atoms with Crippen molar-refractivity contribution >= 4 is 11.9 Å². The van der Waals surface area contributed by atoms with Crippen molar-refractivity contribution in [3.05, 3.63) is 17.5 Å². The molecule has 1 fully saturated rings. The van der Waals surface area contributed by atoms with E-state index in [1.807, 2.05) is 11.6 Å². The molecule has 2 rings (SSSR count). The maximum atomic E-state index is 12.7. The first-order valence-electron chi connectivity index (χ1n) is 8.11. The van der Waals surface area contributed by atoms with E-state index in [0.717, 1.165) is 18.5 Å². The number of ether oxygens (including phenoxy) is 1. The number of aromatic nitrogens is 2. The SMILES string of the molecule is CCC(CC)n1nc(C(=O)N2CC(C(=O)O)O[C@H](C)C2)cc1C. The molecule has 7 heteroatoms. The van der Waals surface area contributed by atoms with Crippen LogP contribution in [0.4, 0.5) is 0 Å². The van der Waals surface area contributed by atoms with Crippen LogP contribution >= 0.6 is 0 Å². The van der Waals surface area contributed by atoms with Crippen LogP contribution in [0.15, 0.2) is 6.07 Å². The van der Waals surface area contributed by atoms with Crippen molar-refractivity contribution in [2.45, 2.75) is 58.8 Å². The molecule has 0 aromatic carbocycles. The van der Waals surface area contributed by atoms with Crippen LogP contribution in [0.2, 0.25) is 0 Å². The Kier molecular flexibility index (Phi) is 5.41. The lowest BCUT2D eigenvalue weighted by atomic mass is 10.2. The number of hydrogen-bond donors (Lipinski definition) is 1. The van der Waals surface area contributed by atoms with Gasteiger partial charge in [-0.25, -0.2) is 4.79 Å². The molecule has 128 valence electrons. The predicted molar refractivity (Wildman–Crippen MR) is 84.5 cm³/mol. The molecule has 23 heavy (non-hydrogen) atoms. The van der Waals surface area contributed by atoms with Gasteiger partial charge in [0.05, 0.1) is 18.7 Å². The summed E-state index contributed by atoms with van der Waals surface area (Å²) < 4.78 is 7.24. The summed E-state index contributed by atoms with van der Waals surface area (Å²) in [5.74, 6) is -1.28. The monoisotopic (exact) mass is 323 g/mol. The fraction of sp³-hybridized carbons (Fsp3) is 0.688. The Bertz CT molecular complexity index is 580. The Hall–Kier alpha value is -1.89. The normalized spacial score (nSPS) is 21.7. The molecule has 1 aromatic heterocycles. The third kappa shape index (κ3) is 3.72. The van der Waals surface area contributed by atoms with Crippen LogP contribution in [0.25, 0.3) is 0 Å². The van der Waals surface area contributed by atoms with Gasteiger partial charge in [-0.1, -0.05) is 13.8 Å². The summed E-state index contributed by atoms with van der Waals surface area (Å²) in [6.45, 7) is 8.32. The largest absolute Gasteiger partial charge is 0.479 e. The molecular formula is C16H25N3O4.